The van der Waals surface area contributed by atoms with E-state index in [0.717, 1.165) is 0 Å². The molecule has 5 heteroatoms. The summed E-state index contributed by atoms with van der Waals surface area (Å²) in [4.78, 5) is 7.20. The van der Waals surface area contributed by atoms with Crippen LogP contribution in [0.4, 0.5) is 4.39 Å². The number of thioether (sulfide) groups is 1. The second-order valence-electron chi connectivity index (χ2n) is 2.74. The Hall–Kier alpha value is -0.680. The molecule has 0 radical (unpaired) electrons. The summed E-state index contributed by atoms with van der Waals surface area (Å²) in [6.07, 6.45) is 0.731. The second-order valence-corrected chi connectivity index (χ2v) is 4.14. The van der Waals surface area contributed by atoms with Gasteiger partial charge in [-0.25, -0.2) is 9.97 Å². The quantitative estimate of drug-likeness (QED) is 0.595. The van der Waals surface area contributed by atoms with Crippen LogP contribution in [0.25, 0.3) is 0 Å². The van der Waals surface area contributed by atoms with Crippen molar-refractivity contribution in [2.24, 2.45) is 0 Å². The highest BCUT2D eigenvalue weighted by atomic mass is 32.2. The molecule has 0 saturated carbocycles. The van der Waals surface area contributed by atoms with E-state index in [0.29, 0.717) is 5.03 Å². The molecular formula is C8H11FN2OS. The minimum atomic E-state index is -0.546. The molecule has 1 rings (SSSR count). The lowest BCUT2D eigenvalue weighted by Gasteiger charge is -2.12. The molecule has 0 aliphatic heterocycles. The van der Waals surface area contributed by atoms with Crippen molar-refractivity contribution in [1.82, 2.24) is 9.97 Å². The maximum absolute atomic E-state index is 12.6. The molecule has 72 valence electrons. The normalized spacial score (nSPS) is 15.4. The van der Waals surface area contributed by atoms with Gasteiger partial charge in [0.25, 0.3) is 0 Å². The number of hydrogen-bond donors (Lipinski definition) is 1. The van der Waals surface area contributed by atoms with Gasteiger partial charge in [-0.1, -0.05) is 6.92 Å². The van der Waals surface area contributed by atoms with E-state index < -0.39 is 12.1 Å². The van der Waals surface area contributed by atoms with E-state index in [1.54, 1.807) is 6.92 Å². The Morgan fingerprint density at radius 1 is 1.46 bits per heavy atom. The molecule has 0 amide bonds. The summed E-state index contributed by atoms with van der Waals surface area (Å²) in [6.45, 7) is 3.55. The molecule has 1 aromatic rings. The molecule has 2 atom stereocenters. The molecule has 2 unspecified atom stereocenters. The van der Waals surface area contributed by atoms with Gasteiger partial charge in [0.1, 0.15) is 11.4 Å². The SMILES string of the molecule is CC(O)C(C)Sc1cc(F)ncn1. The number of aliphatic hydroxyl groups excluding tert-OH is 1. The summed E-state index contributed by atoms with van der Waals surface area (Å²) in [7, 11) is 0. The molecule has 1 N–H and O–H groups in total. The van der Waals surface area contributed by atoms with Crippen molar-refractivity contribution in [3.05, 3.63) is 18.3 Å². The van der Waals surface area contributed by atoms with Gasteiger partial charge in [-0.05, 0) is 6.92 Å². The third kappa shape index (κ3) is 3.28. The van der Waals surface area contributed by atoms with Gasteiger partial charge >= 0.3 is 0 Å². The first kappa shape index (κ1) is 10.4. The molecule has 0 spiro atoms. The maximum Gasteiger partial charge on any atom is 0.217 e. The van der Waals surface area contributed by atoms with Gasteiger partial charge in [-0.15, -0.1) is 11.8 Å². The van der Waals surface area contributed by atoms with Crippen LogP contribution < -0.4 is 0 Å². The average Bonchev–Trinajstić information content (AvgIpc) is 2.04. The van der Waals surface area contributed by atoms with Crippen LogP contribution in [0.2, 0.25) is 0 Å². The Morgan fingerprint density at radius 3 is 2.69 bits per heavy atom. The van der Waals surface area contributed by atoms with E-state index in [-0.39, 0.29) is 5.25 Å². The number of aliphatic hydroxyl groups is 1. The second kappa shape index (κ2) is 4.53. The highest BCUT2D eigenvalue weighted by molar-refractivity contribution is 7.99. The van der Waals surface area contributed by atoms with Gasteiger partial charge in [0, 0.05) is 11.3 Å². The van der Waals surface area contributed by atoms with Crippen molar-refractivity contribution in [3.63, 3.8) is 0 Å². The summed E-state index contributed by atoms with van der Waals surface area (Å²) in [5.41, 5.74) is 0. The summed E-state index contributed by atoms with van der Waals surface area (Å²) in [5.74, 6) is -0.546. The number of halogens is 1. The van der Waals surface area contributed by atoms with Crippen molar-refractivity contribution in [3.8, 4) is 0 Å². The lowest BCUT2D eigenvalue weighted by atomic mass is 10.3. The van der Waals surface area contributed by atoms with Crippen LogP contribution in [-0.2, 0) is 0 Å². The van der Waals surface area contributed by atoms with E-state index in [9.17, 15) is 9.50 Å². The maximum atomic E-state index is 12.6. The molecule has 0 bridgehead atoms. The Bertz CT molecular complexity index is 283. The monoisotopic (exact) mass is 202 g/mol. The van der Waals surface area contributed by atoms with Crippen LogP contribution in [0.1, 0.15) is 13.8 Å². The zero-order chi connectivity index (χ0) is 9.84. The van der Waals surface area contributed by atoms with Crippen LogP contribution >= 0.6 is 11.8 Å². The van der Waals surface area contributed by atoms with Gasteiger partial charge in [0.2, 0.25) is 5.95 Å². The van der Waals surface area contributed by atoms with Crippen LogP contribution in [0.15, 0.2) is 17.4 Å². The molecule has 0 aromatic carbocycles. The lowest BCUT2D eigenvalue weighted by molar-refractivity contribution is 0.196. The van der Waals surface area contributed by atoms with Crippen LogP contribution in [0.5, 0.6) is 0 Å². The third-order valence-electron chi connectivity index (χ3n) is 1.59. The smallest absolute Gasteiger partial charge is 0.217 e. The predicted octanol–water partition coefficient (Wildman–Crippen LogP) is 1.48. The summed E-state index contributed by atoms with van der Waals surface area (Å²) in [5, 5.41) is 9.73. The van der Waals surface area contributed by atoms with E-state index in [2.05, 4.69) is 9.97 Å². The van der Waals surface area contributed by atoms with E-state index >= 15 is 0 Å². The zero-order valence-electron chi connectivity index (χ0n) is 7.44. The molecule has 1 heterocycles. The van der Waals surface area contributed by atoms with Gasteiger partial charge < -0.3 is 5.11 Å². The van der Waals surface area contributed by atoms with Crippen LogP contribution in [0, 0.1) is 5.95 Å². The van der Waals surface area contributed by atoms with Crippen molar-refractivity contribution in [1.29, 1.82) is 0 Å². The van der Waals surface area contributed by atoms with Gasteiger partial charge in [-0.2, -0.15) is 4.39 Å². The first-order valence-electron chi connectivity index (χ1n) is 3.92. The highest BCUT2D eigenvalue weighted by Gasteiger charge is 2.11. The van der Waals surface area contributed by atoms with E-state index in [1.165, 1.54) is 24.2 Å². The van der Waals surface area contributed by atoms with Crippen molar-refractivity contribution >= 4 is 11.8 Å². The minimum Gasteiger partial charge on any atom is -0.392 e. The number of aromatic nitrogens is 2. The Labute approximate surface area is 80.4 Å². The summed E-state index contributed by atoms with van der Waals surface area (Å²) >= 11 is 1.32. The largest absolute Gasteiger partial charge is 0.392 e. The first-order valence-corrected chi connectivity index (χ1v) is 4.80. The summed E-state index contributed by atoms with van der Waals surface area (Å²) in [6, 6.07) is 1.25. The fraction of sp³-hybridized carbons (Fsp3) is 0.500. The number of nitrogens with zero attached hydrogens (tertiary/aromatic N) is 2. The van der Waals surface area contributed by atoms with Crippen molar-refractivity contribution in [2.45, 2.75) is 30.2 Å². The van der Waals surface area contributed by atoms with Crippen LogP contribution in [-0.4, -0.2) is 26.4 Å². The highest BCUT2D eigenvalue weighted by Crippen LogP contribution is 2.22. The standard InChI is InChI=1S/C8H11FN2OS/c1-5(12)6(2)13-8-3-7(9)10-4-11-8/h3-6,12H,1-2H3. The topological polar surface area (TPSA) is 46.0 Å². The Kier molecular flexibility index (Phi) is 3.62. The average molecular weight is 202 g/mol. The van der Waals surface area contributed by atoms with Gasteiger partial charge in [-0.3, -0.25) is 0 Å². The number of rotatable bonds is 3. The first-order chi connectivity index (χ1) is 6.09. The molecular weight excluding hydrogens is 191 g/mol. The molecule has 1 aromatic heterocycles. The molecule has 0 saturated heterocycles. The molecule has 3 nitrogen and oxygen atoms in total. The molecule has 0 aliphatic rings. The minimum absolute atomic E-state index is 0.00528. The van der Waals surface area contributed by atoms with Crippen molar-refractivity contribution < 1.29 is 9.50 Å². The van der Waals surface area contributed by atoms with Gasteiger partial charge in [0.15, 0.2) is 0 Å². The molecule has 0 fully saturated rings. The fourth-order valence-corrected chi connectivity index (χ4v) is 1.52. The van der Waals surface area contributed by atoms with E-state index in [4.69, 9.17) is 0 Å². The third-order valence-corrected chi connectivity index (χ3v) is 2.83. The fourth-order valence-electron chi connectivity index (χ4n) is 0.671. The molecule has 0 aliphatic carbocycles. The predicted molar refractivity (Wildman–Crippen MR) is 49.0 cm³/mol. The van der Waals surface area contributed by atoms with Crippen LogP contribution in [0.3, 0.4) is 0 Å². The zero-order valence-corrected chi connectivity index (χ0v) is 8.25. The Morgan fingerprint density at radius 2 is 2.15 bits per heavy atom. The molecule has 13 heavy (non-hydrogen) atoms. The van der Waals surface area contributed by atoms with E-state index in [1.807, 2.05) is 6.92 Å². The summed E-state index contributed by atoms with van der Waals surface area (Å²) < 4.78 is 12.6. The Balaban J connectivity index is 2.64. The number of hydrogen-bond acceptors (Lipinski definition) is 4. The lowest BCUT2D eigenvalue weighted by Crippen LogP contribution is -2.15. The van der Waals surface area contributed by atoms with Gasteiger partial charge in [0.05, 0.1) is 6.10 Å². The van der Waals surface area contributed by atoms with Crippen molar-refractivity contribution in [2.75, 3.05) is 0 Å².